The van der Waals surface area contributed by atoms with Crippen LogP contribution in [0.3, 0.4) is 0 Å². The second kappa shape index (κ2) is 8.09. The van der Waals surface area contributed by atoms with Gasteiger partial charge in [-0.25, -0.2) is 0 Å². The molecule has 0 radical (unpaired) electrons. The number of carbonyl (C=O) groups is 1. The van der Waals surface area contributed by atoms with Gasteiger partial charge in [0.15, 0.2) is 5.78 Å². The first kappa shape index (κ1) is 21.3. The number of nitrogens with zero attached hydrogens (tertiary/aromatic N) is 3. The molecule has 0 N–H and O–H groups in total. The summed E-state index contributed by atoms with van der Waals surface area (Å²) in [6.45, 7) is 0. The zero-order valence-corrected chi connectivity index (χ0v) is 18.2. The van der Waals surface area contributed by atoms with Crippen LogP contribution in [0.25, 0.3) is 5.82 Å². The molecule has 0 fully saturated rings. The van der Waals surface area contributed by atoms with Crippen molar-refractivity contribution >= 4 is 28.6 Å². The number of aromatic nitrogens is 1. The quantitative estimate of drug-likeness (QED) is 0.440. The number of Topliss-reactive ketones (excluding diaryl/α,β-unsaturated/α-hetero) is 1. The molecule has 0 saturated heterocycles. The summed E-state index contributed by atoms with van der Waals surface area (Å²) >= 11 is 1.48. The number of ketones is 1. The van der Waals surface area contributed by atoms with E-state index in [0.717, 1.165) is 17.7 Å². The van der Waals surface area contributed by atoms with Crippen molar-refractivity contribution in [2.24, 2.45) is 0 Å². The second-order valence-corrected chi connectivity index (χ2v) is 8.73. The van der Waals surface area contributed by atoms with Gasteiger partial charge in [-0.3, -0.25) is 9.69 Å². The number of rotatable bonds is 3. The molecule has 0 unspecified atom stereocenters. The molecule has 1 atom stereocenters. The van der Waals surface area contributed by atoms with Crippen molar-refractivity contribution in [2.75, 3.05) is 4.90 Å². The van der Waals surface area contributed by atoms with E-state index in [-0.39, 0.29) is 11.5 Å². The molecule has 33 heavy (non-hydrogen) atoms. The molecule has 8 heteroatoms. The number of hydrogen-bond acceptors (Lipinski definition) is 4. The number of nitriles is 1. The zero-order valence-electron chi connectivity index (χ0n) is 17.3. The number of halogens is 3. The van der Waals surface area contributed by atoms with E-state index in [9.17, 15) is 23.2 Å². The van der Waals surface area contributed by atoms with Crippen LogP contribution in [0, 0.1) is 11.3 Å². The van der Waals surface area contributed by atoms with Gasteiger partial charge in [0, 0.05) is 35.8 Å². The standard InChI is InChI=1S/C25H18F3N3OS/c26-25(27,28)17-5-3-6-18(13-17)31-20-7-4-8-21(32)23(20)22(16-9-12-33-15-16)19(14-29)24(31)30-10-1-2-11-30/h1-3,5-6,9-13,15,22H,4,7-8H2/t22-/m1/s1. The van der Waals surface area contributed by atoms with Gasteiger partial charge < -0.3 is 4.57 Å². The van der Waals surface area contributed by atoms with Crippen molar-refractivity contribution in [1.82, 2.24) is 4.57 Å². The number of alkyl halides is 3. The van der Waals surface area contributed by atoms with Gasteiger partial charge in [0.1, 0.15) is 5.82 Å². The molecule has 0 amide bonds. The lowest BCUT2D eigenvalue weighted by Gasteiger charge is -2.41. The topological polar surface area (TPSA) is 49.0 Å². The molecule has 1 aliphatic carbocycles. The molecule has 5 rings (SSSR count). The van der Waals surface area contributed by atoms with Crippen molar-refractivity contribution in [2.45, 2.75) is 31.4 Å². The van der Waals surface area contributed by atoms with E-state index in [1.54, 1.807) is 40.1 Å². The molecular weight excluding hydrogens is 447 g/mol. The van der Waals surface area contributed by atoms with Crippen molar-refractivity contribution in [1.29, 1.82) is 5.26 Å². The maximum atomic E-state index is 13.5. The Morgan fingerprint density at radius 2 is 1.88 bits per heavy atom. The average Bonchev–Trinajstić information content (AvgIpc) is 3.51. The maximum Gasteiger partial charge on any atom is 0.416 e. The molecule has 1 aliphatic heterocycles. The van der Waals surface area contributed by atoms with Crippen LogP contribution in [-0.2, 0) is 11.0 Å². The molecule has 0 spiro atoms. The first-order chi connectivity index (χ1) is 15.9. The van der Waals surface area contributed by atoms with E-state index in [1.165, 1.54) is 17.4 Å². The second-order valence-electron chi connectivity index (χ2n) is 7.95. The number of anilines is 1. The third kappa shape index (κ3) is 3.58. The van der Waals surface area contributed by atoms with Gasteiger partial charge in [-0.15, -0.1) is 0 Å². The Labute approximate surface area is 192 Å². The SMILES string of the molecule is N#CC1=C(n2cccc2)N(c2cccc(C(F)(F)F)c2)C2=C(C(=O)CCC2)[C@@H]1c1ccsc1. The molecule has 0 bridgehead atoms. The van der Waals surface area contributed by atoms with Gasteiger partial charge in [0.25, 0.3) is 0 Å². The highest BCUT2D eigenvalue weighted by atomic mass is 32.1. The highest BCUT2D eigenvalue weighted by Crippen LogP contribution is 2.49. The van der Waals surface area contributed by atoms with Gasteiger partial charge in [-0.05, 0) is 65.6 Å². The lowest BCUT2D eigenvalue weighted by atomic mass is 9.76. The molecule has 166 valence electrons. The minimum Gasteiger partial charge on any atom is -0.309 e. The van der Waals surface area contributed by atoms with E-state index >= 15 is 0 Å². The number of hydrogen-bond donors (Lipinski definition) is 0. The van der Waals surface area contributed by atoms with Gasteiger partial charge >= 0.3 is 6.18 Å². The van der Waals surface area contributed by atoms with Crippen molar-refractivity contribution in [3.63, 3.8) is 0 Å². The Hall–Kier alpha value is -3.57. The molecule has 1 aromatic carbocycles. The summed E-state index contributed by atoms with van der Waals surface area (Å²) in [6.07, 6.45) is 0.488. The third-order valence-corrected chi connectivity index (χ3v) is 6.71. The van der Waals surface area contributed by atoms with E-state index in [1.807, 2.05) is 16.8 Å². The van der Waals surface area contributed by atoms with E-state index in [4.69, 9.17) is 0 Å². The molecule has 4 nitrogen and oxygen atoms in total. The summed E-state index contributed by atoms with van der Waals surface area (Å²) in [5.41, 5.74) is 1.82. The Morgan fingerprint density at radius 3 is 2.55 bits per heavy atom. The van der Waals surface area contributed by atoms with Crippen LogP contribution in [0.5, 0.6) is 0 Å². The summed E-state index contributed by atoms with van der Waals surface area (Å²) in [5.74, 6) is -0.168. The van der Waals surface area contributed by atoms with Gasteiger partial charge in [-0.1, -0.05) is 6.07 Å². The molecule has 2 aliphatic rings. The minimum absolute atomic E-state index is 0.0660. The van der Waals surface area contributed by atoms with Crippen LogP contribution in [0.2, 0.25) is 0 Å². The third-order valence-electron chi connectivity index (χ3n) is 6.01. The maximum absolute atomic E-state index is 13.5. The Bertz CT molecular complexity index is 1310. The van der Waals surface area contributed by atoms with Gasteiger partial charge in [-0.2, -0.15) is 29.8 Å². The van der Waals surface area contributed by atoms with Crippen LogP contribution in [0.1, 0.15) is 36.3 Å². The van der Waals surface area contributed by atoms with Gasteiger partial charge in [0.05, 0.1) is 23.1 Å². The fourth-order valence-electron chi connectivity index (χ4n) is 4.65. The number of thiophene rings is 1. The largest absolute Gasteiger partial charge is 0.416 e. The summed E-state index contributed by atoms with van der Waals surface area (Å²) in [7, 11) is 0. The number of carbonyl (C=O) groups excluding carboxylic acids is 1. The number of benzene rings is 1. The van der Waals surface area contributed by atoms with Crippen molar-refractivity contribution < 1.29 is 18.0 Å². The summed E-state index contributed by atoms with van der Waals surface area (Å²) in [4.78, 5) is 14.9. The highest BCUT2D eigenvalue weighted by Gasteiger charge is 2.42. The molecule has 3 heterocycles. The van der Waals surface area contributed by atoms with Crippen LogP contribution < -0.4 is 4.90 Å². The zero-order chi connectivity index (χ0) is 23.2. The van der Waals surface area contributed by atoms with E-state index in [2.05, 4.69) is 6.07 Å². The Morgan fingerprint density at radius 1 is 1.09 bits per heavy atom. The smallest absolute Gasteiger partial charge is 0.309 e. The molecule has 2 aromatic heterocycles. The Kier molecular flexibility index (Phi) is 5.22. The van der Waals surface area contributed by atoms with Crippen molar-refractivity contribution in [3.05, 3.63) is 93.6 Å². The Balaban J connectivity index is 1.83. The summed E-state index contributed by atoms with van der Waals surface area (Å²) < 4.78 is 42.4. The predicted molar refractivity (Wildman–Crippen MR) is 120 cm³/mol. The van der Waals surface area contributed by atoms with Crippen LogP contribution >= 0.6 is 11.3 Å². The summed E-state index contributed by atoms with van der Waals surface area (Å²) in [5, 5.41) is 14.1. The van der Waals surface area contributed by atoms with Crippen molar-refractivity contribution in [3.8, 4) is 6.07 Å². The number of allylic oxidation sites excluding steroid dienone is 3. The average molecular weight is 466 g/mol. The predicted octanol–water partition coefficient (Wildman–Crippen LogP) is 6.57. The lowest BCUT2D eigenvalue weighted by molar-refractivity contribution is -0.137. The molecule has 0 saturated carbocycles. The normalized spacial score (nSPS) is 19.0. The van der Waals surface area contributed by atoms with E-state index in [0.29, 0.717) is 41.9 Å². The first-order valence-corrected chi connectivity index (χ1v) is 11.4. The van der Waals surface area contributed by atoms with E-state index < -0.39 is 17.7 Å². The monoisotopic (exact) mass is 465 g/mol. The highest BCUT2D eigenvalue weighted by molar-refractivity contribution is 7.08. The van der Waals surface area contributed by atoms with Crippen LogP contribution in [-0.4, -0.2) is 10.4 Å². The van der Waals surface area contributed by atoms with Crippen LogP contribution in [0.15, 0.2) is 82.5 Å². The molecular formula is C25H18F3N3OS. The van der Waals surface area contributed by atoms with Crippen LogP contribution in [0.4, 0.5) is 18.9 Å². The lowest BCUT2D eigenvalue weighted by Crippen LogP contribution is -2.36. The molecule has 3 aromatic rings. The summed E-state index contributed by atoms with van der Waals surface area (Å²) in [6, 6.07) is 12.8. The fourth-order valence-corrected chi connectivity index (χ4v) is 5.33. The minimum atomic E-state index is -4.51. The first-order valence-electron chi connectivity index (χ1n) is 10.4. The fraction of sp³-hybridized carbons (Fsp3) is 0.200. The van der Waals surface area contributed by atoms with Gasteiger partial charge in [0.2, 0.25) is 0 Å².